The van der Waals surface area contributed by atoms with Crippen LogP contribution in [-0.2, 0) is 10.0 Å². The summed E-state index contributed by atoms with van der Waals surface area (Å²) in [4.78, 5) is 0.174. The van der Waals surface area contributed by atoms with Crippen LogP contribution in [0.3, 0.4) is 0 Å². The lowest BCUT2D eigenvalue weighted by atomic mass is 9.99. The Morgan fingerprint density at radius 2 is 1.86 bits per heavy atom. The summed E-state index contributed by atoms with van der Waals surface area (Å²) >= 11 is 0. The van der Waals surface area contributed by atoms with Gasteiger partial charge in [-0.1, -0.05) is 12.8 Å². The fourth-order valence-corrected chi connectivity index (χ4v) is 3.99. The molecule has 21 heavy (non-hydrogen) atoms. The number of rotatable bonds is 5. The molecule has 0 aromatic heterocycles. The quantitative estimate of drug-likeness (QED) is 0.860. The van der Waals surface area contributed by atoms with Gasteiger partial charge in [-0.15, -0.1) is 12.4 Å². The molecule has 1 fully saturated rings. The Hall–Kier alpha value is -1.13. The number of nitrogens with zero attached hydrogens (tertiary/aromatic N) is 1. The van der Waals surface area contributed by atoms with Gasteiger partial charge < -0.3 is 5.73 Å². The van der Waals surface area contributed by atoms with Crippen molar-refractivity contribution in [2.24, 2.45) is 11.7 Å². The third-order valence-corrected chi connectivity index (χ3v) is 5.33. The standard InChI is InChI=1S/C14H19N3O2S.ClH/c15-9-11-5-7-13(8-6-11)20(18,19)17-14(10-16)12-3-1-2-4-12;/h5-8,12,14,17H,1-4,10,16H2;1H. The van der Waals surface area contributed by atoms with Crippen molar-refractivity contribution in [3.8, 4) is 6.07 Å². The molecule has 0 heterocycles. The van der Waals surface area contributed by atoms with Gasteiger partial charge in [0, 0.05) is 12.6 Å². The molecule has 0 aliphatic heterocycles. The minimum atomic E-state index is -3.57. The Labute approximate surface area is 132 Å². The van der Waals surface area contributed by atoms with Gasteiger partial charge in [0.15, 0.2) is 0 Å². The Balaban J connectivity index is 0.00000220. The fraction of sp³-hybridized carbons (Fsp3) is 0.500. The van der Waals surface area contributed by atoms with Crippen molar-refractivity contribution < 1.29 is 8.42 Å². The highest BCUT2D eigenvalue weighted by molar-refractivity contribution is 7.89. The highest BCUT2D eigenvalue weighted by atomic mass is 35.5. The first-order valence-corrected chi connectivity index (χ1v) is 8.27. The number of hydrogen-bond acceptors (Lipinski definition) is 4. The summed E-state index contributed by atoms with van der Waals surface area (Å²) in [5, 5.41) is 8.73. The van der Waals surface area contributed by atoms with Gasteiger partial charge in [0.25, 0.3) is 0 Å². The van der Waals surface area contributed by atoms with Crippen LogP contribution < -0.4 is 10.5 Å². The van der Waals surface area contributed by atoms with Gasteiger partial charge in [-0.2, -0.15) is 5.26 Å². The van der Waals surface area contributed by atoms with E-state index in [1.807, 2.05) is 6.07 Å². The first-order chi connectivity index (χ1) is 9.56. The van der Waals surface area contributed by atoms with Crippen LogP contribution in [0.5, 0.6) is 0 Å². The van der Waals surface area contributed by atoms with E-state index < -0.39 is 10.0 Å². The normalized spacial score (nSPS) is 17.0. The minimum absolute atomic E-state index is 0. The highest BCUT2D eigenvalue weighted by Crippen LogP contribution is 2.28. The van der Waals surface area contributed by atoms with Gasteiger partial charge in [0.1, 0.15) is 0 Å². The van der Waals surface area contributed by atoms with E-state index in [0.717, 1.165) is 25.7 Å². The van der Waals surface area contributed by atoms with Gasteiger partial charge in [0.05, 0.1) is 16.5 Å². The smallest absolute Gasteiger partial charge is 0.240 e. The second-order valence-electron chi connectivity index (χ2n) is 5.14. The number of hydrogen-bond donors (Lipinski definition) is 2. The second-order valence-corrected chi connectivity index (χ2v) is 6.86. The molecule has 0 bridgehead atoms. The fourth-order valence-electron chi connectivity index (χ4n) is 2.67. The number of benzene rings is 1. The number of nitriles is 1. The van der Waals surface area contributed by atoms with Gasteiger partial charge in [0.2, 0.25) is 10.0 Å². The summed E-state index contributed by atoms with van der Waals surface area (Å²) in [5.74, 6) is 0.327. The minimum Gasteiger partial charge on any atom is -0.329 e. The third kappa shape index (κ3) is 4.42. The molecule has 1 atom stereocenters. The van der Waals surface area contributed by atoms with E-state index in [1.54, 1.807) is 0 Å². The maximum Gasteiger partial charge on any atom is 0.240 e. The maximum absolute atomic E-state index is 12.3. The van der Waals surface area contributed by atoms with Crippen molar-refractivity contribution in [2.75, 3.05) is 6.54 Å². The summed E-state index contributed by atoms with van der Waals surface area (Å²) < 4.78 is 27.3. The van der Waals surface area contributed by atoms with Crippen molar-refractivity contribution in [1.29, 1.82) is 5.26 Å². The summed E-state index contributed by atoms with van der Waals surface area (Å²) in [6, 6.07) is 7.66. The van der Waals surface area contributed by atoms with E-state index in [-0.39, 0.29) is 23.3 Å². The lowest BCUT2D eigenvalue weighted by Crippen LogP contribution is -2.44. The summed E-state index contributed by atoms with van der Waals surface area (Å²) in [5.41, 5.74) is 6.15. The van der Waals surface area contributed by atoms with Crippen LogP contribution in [0.2, 0.25) is 0 Å². The van der Waals surface area contributed by atoms with Gasteiger partial charge in [-0.25, -0.2) is 13.1 Å². The molecule has 0 radical (unpaired) electrons. The van der Waals surface area contributed by atoms with E-state index in [1.165, 1.54) is 24.3 Å². The van der Waals surface area contributed by atoms with Crippen LogP contribution in [0, 0.1) is 17.2 Å². The molecule has 2 rings (SSSR count). The van der Waals surface area contributed by atoms with E-state index in [9.17, 15) is 8.42 Å². The van der Waals surface area contributed by atoms with Crippen LogP contribution in [0.15, 0.2) is 29.2 Å². The molecule has 7 heteroatoms. The Kier molecular flexibility index (Phi) is 6.62. The average molecular weight is 330 g/mol. The van der Waals surface area contributed by atoms with E-state index in [0.29, 0.717) is 18.0 Å². The zero-order valence-electron chi connectivity index (χ0n) is 11.7. The zero-order chi connectivity index (χ0) is 14.6. The predicted octanol–water partition coefficient (Wildman–Crippen LogP) is 1.78. The number of sulfonamides is 1. The van der Waals surface area contributed by atoms with Gasteiger partial charge >= 0.3 is 0 Å². The lowest BCUT2D eigenvalue weighted by molar-refractivity contribution is 0.405. The van der Waals surface area contributed by atoms with Gasteiger partial charge in [-0.3, -0.25) is 0 Å². The molecular formula is C14H20ClN3O2S. The molecule has 1 aromatic rings. The summed E-state index contributed by atoms with van der Waals surface area (Å²) in [6.45, 7) is 0.306. The van der Waals surface area contributed by atoms with Crippen molar-refractivity contribution in [1.82, 2.24) is 4.72 Å². The zero-order valence-corrected chi connectivity index (χ0v) is 13.3. The van der Waals surface area contributed by atoms with Crippen LogP contribution in [-0.4, -0.2) is 21.0 Å². The van der Waals surface area contributed by atoms with Crippen molar-refractivity contribution in [2.45, 2.75) is 36.6 Å². The highest BCUT2D eigenvalue weighted by Gasteiger charge is 2.28. The van der Waals surface area contributed by atoms with E-state index in [2.05, 4.69) is 4.72 Å². The molecule has 1 saturated carbocycles. The number of nitrogens with two attached hydrogens (primary N) is 1. The first kappa shape index (κ1) is 17.9. The van der Waals surface area contributed by atoms with E-state index in [4.69, 9.17) is 11.0 Å². The number of halogens is 1. The molecule has 0 spiro atoms. The van der Waals surface area contributed by atoms with Crippen LogP contribution >= 0.6 is 12.4 Å². The molecule has 5 nitrogen and oxygen atoms in total. The SMILES string of the molecule is Cl.N#Cc1ccc(S(=O)(=O)NC(CN)C2CCCC2)cc1. The largest absolute Gasteiger partial charge is 0.329 e. The lowest BCUT2D eigenvalue weighted by Gasteiger charge is -2.23. The molecule has 1 aliphatic rings. The molecule has 1 unspecified atom stereocenters. The van der Waals surface area contributed by atoms with Crippen LogP contribution in [0.25, 0.3) is 0 Å². The molecule has 116 valence electrons. The molecule has 0 saturated heterocycles. The second kappa shape index (κ2) is 7.76. The van der Waals surface area contributed by atoms with Crippen LogP contribution in [0.1, 0.15) is 31.2 Å². The Bertz CT molecular complexity index is 590. The molecular weight excluding hydrogens is 310 g/mol. The van der Waals surface area contributed by atoms with Crippen molar-refractivity contribution >= 4 is 22.4 Å². The number of nitrogens with one attached hydrogen (secondary N) is 1. The predicted molar refractivity (Wildman–Crippen MR) is 83.5 cm³/mol. The topological polar surface area (TPSA) is 96.0 Å². The third-order valence-electron chi connectivity index (χ3n) is 3.82. The molecule has 3 N–H and O–H groups in total. The van der Waals surface area contributed by atoms with Crippen molar-refractivity contribution in [3.05, 3.63) is 29.8 Å². The summed E-state index contributed by atoms with van der Waals surface area (Å²) in [7, 11) is -3.57. The molecule has 1 aliphatic carbocycles. The molecule has 0 amide bonds. The average Bonchev–Trinajstić information content (AvgIpc) is 2.99. The van der Waals surface area contributed by atoms with E-state index >= 15 is 0 Å². The first-order valence-electron chi connectivity index (χ1n) is 6.79. The Morgan fingerprint density at radius 3 is 2.33 bits per heavy atom. The maximum atomic E-state index is 12.3. The summed E-state index contributed by atoms with van der Waals surface area (Å²) in [6.07, 6.45) is 4.33. The van der Waals surface area contributed by atoms with Gasteiger partial charge in [-0.05, 0) is 43.0 Å². The molecule has 1 aromatic carbocycles. The monoisotopic (exact) mass is 329 g/mol. The van der Waals surface area contributed by atoms with Crippen LogP contribution in [0.4, 0.5) is 0 Å². The Morgan fingerprint density at radius 1 is 1.29 bits per heavy atom. The van der Waals surface area contributed by atoms with Crippen molar-refractivity contribution in [3.63, 3.8) is 0 Å².